The molecule has 2 aliphatic rings. The molecule has 4 rings (SSSR count). The van der Waals surface area contributed by atoms with Gasteiger partial charge in [0.2, 0.25) is 5.91 Å². The SMILES string of the molecule is C=CC(=O)NC1CCOCC1Cc1ccc2c(n1)C=C(C(=O)c1c(F)c(OC)cc(OC)c1F)C2. The summed E-state index contributed by atoms with van der Waals surface area (Å²) in [5.74, 6) is -3.71. The van der Waals surface area contributed by atoms with Crippen LogP contribution < -0.4 is 14.8 Å². The summed E-state index contributed by atoms with van der Waals surface area (Å²) in [5.41, 5.74) is 1.62. The molecule has 184 valence electrons. The number of fused-ring (bicyclic) bond motifs is 1. The van der Waals surface area contributed by atoms with E-state index < -0.39 is 23.0 Å². The van der Waals surface area contributed by atoms with Crippen LogP contribution in [0, 0.1) is 17.6 Å². The summed E-state index contributed by atoms with van der Waals surface area (Å²) in [6.07, 6.45) is 4.25. The second kappa shape index (κ2) is 10.4. The summed E-state index contributed by atoms with van der Waals surface area (Å²) >= 11 is 0. The molecule has 1 aromatic heterocycles. The number of allylic oxidation sites excluding steroid dienone is 1. The van der Waals surface area contributed by atoms with Crippen molar-refractivity contribution in [3.63, 3.8) is 0 Å². The summed E-state index contributed by atoms with van der Waals surface area (Å²) in [4.78, 5) is 29.6. The summed E-state index contributed by atoms with van der Waals surface area (Å²) in [7, 11) is 2.45. The van der Waals surface area contributed by atoms with Gasteiger partial charge in [0, 0.05) is 42.3 Å². The van der Waals surface area contributed by atoms with Gasteiger partial charge >= 0.3 is 0 Å². The Morgan fingerprint density at radius 1 is 1.23 bits per heavy atom. The minimum absolute atomic E-state index is 0.0251. The van der Waals surface area contributed by atoms with E-state index in [1.165, 1.54) is 20.3 Å². The lowest BCUT2D eigenvalue weighted by Gasteiger charge is -2.31. The Balaban J connectivity index is 1.57. The fourth-order valence-corrected chi connectivity index (χ4v) is 4.45. The summed E-state index contributed by atoms with van der Waals surface area (Å²) < 4.78 is 45.1. The number of nitrogens with one attached hydrogen (secondary N) is 1. The largest absolute Gasteiger partial charge is 0.494 e. The number of halogens is 2. The zero-order valence-electron chi connectivity index (χ0n) is 19.5. The van der Waals surface area contributed by atoms with Crippen LogP contribution in [0.1, 0.15) is 33.7 Å². The second-order valence-electron chi connectivity index (χ2n) is 8.45. The van der Waals surface area contributed by atoms with Crippen molar-refractivity contribution in [3.8, 4) is 11.5 Å². The van der Waals surface area contributed by atoms with Gasteiger partial charge in [-0.2, -0.15) is 0 Å². The monoisotopic (exact) mass is 484 g/mol. The van der Waals surface area contributed by atoms with Crippen LogP contribution in [0.25, 0.3) is 6.08 Å². The predicted octanol–water partition coefficient (Wildman–Crippen LogP) is 3.45. The standard InChI is InChI=1S/C26H26F2N2O5/c1-4-22(31)30-18-7-8-35-13-16(18)10-17-6-5-14-9-15(11-19(14)29-17)26(32)23-24(27)20(33-2)12-21(34-3)25(23)28/h4-6,11-12,16,18H,1,7-10,13H2,2-3H3,(H,30,31). The molecule has 1 aromatic carbocycles. The van der Waals surface area contributed by atoms with Crippen molar-refractivity contribution in [3.05, 3.63) is 70.6 Å². The van der Waals surface area contributed by atoms with Crippen molar-refractivity contribution in [1.82, 2.24) is 10.3 Å². The van der Waals surface area contributed by atoms with E-state index in [0.717, 1.165) is 17.3 Å². The number of aromatic nitrogens is 1. The number of pyridine rings is 1. The lowest BCUT2D eigenvalue weighted by atomic mass is 9.90. The lowest BCUT2D eigenvalue weighted by Crippen LogP contribution is -2.45. The number of rotatable bonds is 8. The fraction of sp³-hybridized carbons (Fsp3) is 0.346. The van der Waals surface area contributed by atoms with Crippen molar-refractivity contribution in [1.29, 1.82) is 0 Å². The van der Waals surface area contributed by atoms with Crippen LogP contribution in [-0.2, 0) is 22.4 Å². The van der Waals surface area contributed by atoms with Crippen LogP contribution in [0.2, 0.25) is 0 Å². The van der Waals surface area contributed by atoms with Crippen LogP contribution in [-0.4, -0.2) is 50.1 Å². The van der Waals surface area contributed by atoms with Crippen LogP contribution in [0.3, 0.4) is 0 Å². The third kappa shape index (κ3) is 4.95. The highest BCUT2D eigenvalue weighted by Gasteiger charge is 2.31. The summed E-state index contributed by atoms with van der Waals surface area (Å²) in [6, 6.07) is 4.71. The third-order valence-corrected chi connectivity index (χ3v) is 6.31. The van der Waals surface area contributed by atoms with Crippen molar-refractivity contribution in [2.45, 2.75) is 25.3 Å². The molecule has 2 aromatic rings. The number of amides is 1. The van der Waals surface area contributed by atoms with Gasteiger partial charge < -0.3 is 19.5 Å². The minimum atomic E-state index is -1.08. The van der Waals surface area contributed by atoms with Crippen molar-refractivity contribution in [2.75, 3.05) is 27.4 Å². The second-order valence-corrected chi connectivity index (χ2v) is 8.45. The van der Waals surface area contributed by atoms with Gasteiger partial charge in [-0.3, -0.25) is 14.6 Å². The molecule has 1 aliphatic heterocycles. The predicted molar refractivity (Wildman–Crippen MR) is 124 cm³/mol. The third-order valence-electron chi connectivity index (χ3n) is 6.31. The number of ether oxygens (including phenoxy) is 3. The molecule has 2 heterocycles. The topological polar surface area (TPSA) is 86.8 Å². The molecular formula is C26H26F2N2O5. The Morgan fingerprint density at radius 3 is 2.60 bits per heavy atom. The van der Waals surface area contributed by atoms with E-state index in [-0.39, 0.29) is 41.4 Å². The molecule has 1 aliphatic carbocycles. The molecule has 0 radical (unpaired) electrons. The van der Waals surface area contributed by atoms with Gasteiger partial charge in [-0.05, 0) is 36.6 Å². The molecule has 0 spiro atoms. The van der Waals surface area contributed by atoms with Crippen LogP contribution in [0.15, 0.2) is 36.4 Å². The molecule has 1 amide bonds. The van der Waals surface area contributed by atoms with Gasteiger partial charge in [0.05, 0.1) is 26.5 Å². The van der Waals surface area contributed by atoms with Gasteiger partial charge in [-0.15, -0.1) is 0 Å². The molecule has 1 saturated heterocycles. The summed E-state index contributed by atoms with van der Waals surface area (Å²) in [6.45, 7) is 4.54. The van der Waals surface area contributed by atoms with E-state index in [1.807, 2.05) is 12.1 Å². The van der Waals surface area contributed by atoms with E-state index in [2.05, 4.69) is 16.9 Å². The Kier molecular flexibility index (Phi) is 7.25. The molecule has 1 fully saturated rings. The normalized spacial score (nSPS) is 18.9. The number of Topliss-reactive ketones (excluding diaryl/α,β-unsaturated/α-hetero) is 1. The highest BCUT2D eigenvalue weighted by atomic mass is 19.1. The highest BCUT2D eigenvalue weighted by Crippen LogP contribution is 2.35. The Morgan fingerprint density at radius 2 is 1.94 bits per heavy atom. The number of nitrogens with zero attached hydrogens (tertiary/aromatic N) is 1. The smallest absolute Gasteiger partial charge is 0.243 e. The first-order valence-corrected chi connectivity index (χ1v) is 11.2. The molecule has 7 nitrogen and oxygen atoms in total. The first-order chi connectivity index (χ1) is 16.9. The molecule has 0 saturated carbocycles. The van der Waals surface area contributed by atoms with Crippen LogP contribution in [0.4, 0.5) is 8.78 Å². The number of benzene rings is 1. The summed E-state index contributed by atoms with van der Waals surface area (Å²) in [5, 5.41) is 2.95. The van der Waals surface area contributed by atoms with Gasteiger partial charge in [-0.25, -0.2) is 8.78 Å². The minimum Gasteiger partial charge on any atom is -0.494 e. The number of hydrogen-bond acceptors (Lipinski definition) is 6. The lowest BCUT2D eigenvalue weighted by molar-refractivity contribution is -0.118. The number of carbonyl (C=O) groups is 2. The van der Waals surface area contributed by atoms with E-state index in [1.54, 1.807) is 6.08 Å². The van der Waals surface area contributed by atoms with Crippen LogP contribution >= 0.6 is 0 Å². The first-order valence-electron chi connectivity index (χ1n) is 11.2. The molecule has 9 heteroatoms. The molecule has 2 unspecified atom stereocenters. The maximum Gasteiger partial charge on any atom is 0.243 e. The molecule has 0 bridgehead atoms. The Bertz CT molecular complexity index is 1180. The fourth-order valence-electron chi connectivity index (χ4n) is 4.45. The van der Waals surface area contributed by atoms with Gasteiger partial charge in [-0.1, -0.05) is 12.6 Å². The quantitative estimate of drug-likeness (QED) is 0.456. The first kappa shape index (κ1) is 24.5. The van der Waals surface area contributed by atoms with Crippen molar-refractivity contribution < 1.29 is 32.6 Å². The average molecular weight is 484 g/mol. The Labute approximate surface area is 201 Å². The maximum atomic E-state index is 14.8. The van der Waals surface area contributed by atoms with E-state index in [9.17, 15) is 18.4 Å². The van der Waals surface area contributed by atoms with Gasteiger partial charge in [0.25, 0.3) is 0 Å². The Hall–Kier alpha value is -3.59. The van der Waals surface area contributed by atoms with E-state index in [0.29, 0.717) is 31.7 Å². The van der Waals surface area contributed by atoms with E-state index >= 15 is 0 Å². The highest BCUT2D eigenvalue weighted by molar-refractivity contribution is 6.13. The number of methoxy groups -OCH3 is 2. The molecular weight excluding hydrogens is 458 g/mol. The van der Waals surface area contributed by atoms with Crippen molar-refractivity contribution in [2.24, 2.45) is 5.92 Å². The number of carbonyl (C=O) groups excluding carboxylic acids is 2. The maximum absolute atomic E-state index is 14.8. The number of hydrogen-bond donors (Lipinski definition) is 1. The zero-order chi connectivity index (χ0) is 25.1. The molecule has 2 atom stereocenters. The molecule has 1 N–H and O–H groups in total. The van der Waals surface area contributed by atoms with Gasteiger partial charge in [0.15, 0.2) is 28.9 Å². The van der Waals surface area contributed by atoms with Crippen LogP contribution in [0.5, 0.6) is 11.5 Å². The van der Waals surface area contributed by atoms with Crippen molar-refractivity contribution >= 4 is 17.8 Å². The molecule has 35 heavy (non-hydrogen) atoms. The number of ketones is 1. The zero-order valence-corrected chi connectivity index (χ0v) is 19.5. The van der Waals surface area contributed by atoms with Gasteiger partial charge in [0.1, 0.15) is 5.56 Å². The van der Waals surface area contributed by atoms with E-state index in [4.69, 9.17) is 14.2 Å². The average Bonchev–Trinajstić information content (AvgIpc) is 3.29.